The quantitative estimate of drug-likeness (QED) is 0.814. The van der Waals surface area contributed by atoms with Gasteiger partial charge in [-0.1, -0.05) is 0 Å². The van der Waals surface area contributed by atoms with E-state index in [1.165, 1.54) is 5.69 Å². The van der Waals surface area contributed by atoms with E-state index in [2.05, 4.69) is 20.3 Å². The lowest BCUT2D eigenvalue weighted by atomic mass is 10.0. The lowest BCUT2D eigenvalue weighted by Gasteiger charge is -2.48. The Morgan fingerprint density at radius 1 is 1.11 bits per heavy atom. The van der Waals surface area contributed by atoms with Gasteiger partial charge in [-0.25, -0.2) is 0 Å². The number of hydrogen-bond donors (Lipinski definition) is 1. The third-order valence-corrected chi connectivity index (χ3v) is 3.85. The van der Waals surface area contributed by atoms with Gasteiger partial charge in [0.1, 0.15) is 5.69 Å². The third-order valence-electron chi connectivity index (χ3n) is 3.85. The van der Waals surface area contributed by atoms with Gasteiger partial charge in [-0.15, -0.1) is 4.91 Å². The predicted octanol–water partition coefficient (Wildman–Crippen LogP) is 1.18. The molecule has 1 aromatic rings. The molecule has 2 saturated heterocycles. The minimum Gasteiger partial charge on any atom is -0.368 e. The summed E-state index contributed by atoms with van der Waals surface area (Å²) in [4.78, 5) is 15.3. The molecule has 0 bridgehead atoms. The maximum atomic E-state index is 10.4. The zero-order chi connectivity index (χ0) is 12.4. The van der Waals surface area contributed by atoms with Gasteiger partial charge in [0.05, 0.1) is 0 Å². The van der Waals surface area contributed by atoms with Gasteiger partial charge in [0, 0.05) is 51.0 Å². The van der Waals surface area contributed by atoms with Crippen molar-refractivity contribution in [1.82, 2.24) is 10.2 Å². The van der Waals surface area contributed by atoms with Gasteiger partial charge in [0.15, 0.2) is 0 Å². The Morgan fingerprint density at radius 3 is 2.39 bits per heavy atom. The van der Waals surface area contributed by atoms with Gasteiger partial charge in [-0.05, 0) is 29.4 Å². The summed E-state index contributed by atoms with van der Waals surface area (Å²) in [5, 5.41) is 6.30. The van der Waals surface area contributed by atoms with Crippen LogP contribution in [0.5, 0.6) is 0 Å². The Balaban J connectivity index is 1.55. The molecular weight excluding hydrogens is 228 g/mol. The third kappa shape index (κ3) is 2.23. The minimum absolute atomic E-state index is 0.498. The van der Waals surface area contributed by atoms with Gasteiger partial charge in [0.25, 0.3) is 0 Å². The summed E-state index contributed by atoms with van der Waals surface area (Å²) >= 11 is 0. The van der Waals surface area contributed by atoms with Crippen LogP contribution in [0.15, 0.2) is 29.4 Å². The molecule has 5 heteroatoms. The maximum Gasteiger partial charge on any atom is 0.108 e. The largest absolute Gasteiger partial charge is 0.368 e. The number of nitroso groups, excluding NO2 is 1. The lowest BCUT2D eigenvalue weighted by molar-refractivity contribution is 0.147. The van der Waals surface area contributed by atoms with Crippen LogP contribution in [0.25, 0.3) is 0 Å². The minimum atomic E-state index is 0.498. The molecule has 0 aliphatic carbocycles. The number of benzene rings is 1. The molecule has 0 aromatic heterocycles. The molecular formula is C13H18N4O. The fraction of sp³-hybridized carbons (Fsp3) is 0.538. The van der Waals surface area contributed by atoms with Crippen LogP contribution in [0.4, 0.5) is 11.4 Å². The second-order valence-corrected chi connectivity index (χ2v) is 4.95. The van der Waals surface area contributed by atoms with Crippen LogP contribution in [0.2, 0.25) is 0 Å². The number of anilines is 1. The van der Waals surface area contributed by atoms with Gasteiger partial charge in [-0.3, -0.25) is 4.90 Å². The summed E-state index contributed by atoms with van der Waals surface area (Å²) in [6.07, 6.45) is 0. The first-order valence-corrected chi connectivity index (χ1v) is 6.50. The van der Waals surface area contributed by atoms with Crippen LogP contribution >= 0.6 is 0 Å². The first-order chi connectivity index (χ1) is 8.86. The number of nitrogens with one attached hydrogen (secondary N) is 1. The average molecular weight is 246 g/mol. The van der Waals surface area contributed by atoms with E-state index in [9.17, 15) is 4.91 Å². The fourth-order valence-corrected chi connectivity index (χ4v) is 2.67. The van der Waals surface area contributed by atoms with E-state index in [4.69, 9.17) is 0 Å². The van der Waals surface area contributed by atoms with Crippen molar-refractivity contribution >= 4 is 11.4 Å². The molecule has 18 heavy (non-hydrogen) atoms. The number of piperazine rings is 1. The smallest absolute Gasteiger partial charge is 0.108 e. The Bertz CT molecular complexity index is 408. The van der Waals surface area contributed by atoms with Crippen molar-refractivity contribution in [3.05, 3.63) is 29.2 Å². The summed E-state index contributed by atoms with van der Waals surface area (Å²) in [5.74, 6) is 0. The molecule has 5 nitrogen and oxygen atoms in total. The fourth-order valence-electron chi connectivity index (χ4n) is 2.67. The first-order valence-electron chi connectivity index (χ1n) is 6.50. The molecule has 2 aliphatic heterocycles. The second kappa shape index (κ2) is 5.04. The molecule has 0 radical (unpaired) electrons. The van der Waals surface area contributed by atoms with Crippen LogP contribution in [0.3, 0.4) is 0 Å². The van der Waals surface area contributed by atoms with Crippen molar-refractivity contribution < 1.29 is 0 Å². The van der Waals surface area contributed by atoms with Gasteiger partial charge in [0.2, 0.25) is 0 Å². The van der Waals surface area contributed by atoms with E-state index in [1.54, 1.807) is 12.1 Å². The number of nitrogens with zero attached hydrogens (tertiary/aromatic N) is 3. The monoisotopic (exact) mass is 246 g/mol. The van der Waals surface area contributed by atoms with Crippen LogP contribution in [0, 0.1) is 4.91 Å². The molecule has 1 aromatic carbocycles. The predicted molar refractivity (Wildman–Crippen MR) is 72.3 cm³/mol. The summed E-state index contributed by atoms with van der Waals surface area (Å²) < 4.78 is 0. The van der Waals surface area contributed by atoms with Gasteiger partial charge < -0.3 is 10.2 Å². The normalized spacial score (nSPS) is 21.7. The molecule has 0 amide bonds. The summed E-state index contributed by atoms with van der Waals surface area (Å²) in [5.41, 5.74) is 1.69. The maximum absolute atomic E-state index is 10.4. The van der Waals surface area contributed by atoms with Crippen molar-refractivity contribution in [3.8, 4) is 0 Å². The molecule has 2 fully saturated rings. The van der Waals surface area contributed by atoms with E-state index in [0.717, 1.165) is 39.3 Å². The molecule has 2 aliphatic rings. The van der Waals surface area contributed by atoms with Crippen molar-refractivity contribution in [2.24, 2.45) is 5.18 Å². The highest BCUT2D eigenvalue weighted by atomic mass is 16.3. The van der Waals surface area contributed by atoms with Crippen molar-refractivity contribution in [2.75, 3.05) is 44.2 Å². The molecule has 0 spiro atoms. The van der Waals surface area contributed by atoms with Crippen molar-refractivity contribution in [1.29, 1.82) is 0 Å². The Morgan fingerprint density at radius 2 is 1.78 bits per heavy atom. The number of hydrogen-bond acceptors (Lipinski definition) is 5. The van der Waals surface area contributed by atoms with Crippen LogP contribution < -0.4 is 10.2 Å². The zero-order valence-electron chi connectivity index (χ0n) is 10.4. The van der Waals surface area contributed by atoms with Crippen LogP contribution in [-0.2, 0) is 0 Å². The molecule has 1 N–H and O–H groups in total. The van der Waals surface area contributed by atoms with E-state index in [-0.39, 0.29) is 0 Å². The molecule has 0 saturated carbocycles. The Kier molecular flexibility index (Phi) is 3.25. The highest BCUT2D eigenvalue weighted by Crippen LogP contribution is 2.25. The van der Waals surface area contributed by atoms with Gasteiger partial charge in [-0.2, -0.15) is 0 Å². The van der Waals surface area contributed by atoms with Crippen LogP contribution in [-0.4, -0.2) is 50.2 Å². The first kappa shape index (κ1) is 11.6. The summed E-state index contributed by atoms with van der Waals surface area (Å²) in [7, 11) is 0. The highest BCUT2D eigenvalue weighted by Gasteiger charge is 2.32. The van der Waals surface area contributed by atoms with Crippen LogP contribution in [0.1, 0.15) is 0 Å². The van der Waals surface area contributed by atoms with E-state index in [0.29, 0.717) is 11.7 Å². The zero-order valence-corrected chi connectivity index (χ0v) is 10.4. The molecule has 96 valence electrons. The standard InChI is InChI=1S/C13H18N4O/c18-15-11-1-3-12(4-2-11)17-9-13(10-17)16-7-5-14-6-8-16/h1-4,13-14H,5-10H2. The summed E-state index contributed by atoms with van der Waals surface area (Å²) in [6.45, 7) is 6.72. The average Bonchev–Trinajstić information content (AvgIpc) is 2.39. The van der Waals surface area contributed by atoms with E-state index < -0.39 is 0 Å². The van der Waals surface area contributed by atoms with Crippen molar-refractivity contribution in [2.45, 2.75) is 6.04 Å². The SMILES string of the molecule is O=Nc1ccc(N2CC(N3CCNCC3)C2)cc1. The second-order valence-electron chi connectivity index (χ2n) is 4.95. The molecule has 3 rings (SSSR count). The topological polar surface area (TPSA) is 47.9 Å². The van der Waals surface area contributed by atoms with E-state index >= 15 is 0 Å². The molecule has 0 atom stereocenters. The van der Waals surface area contributed by atoms with E-state index in [1.807, 2.05) is 12.1 Å². The molecule has 0 unspecified atom stereocenters. The lowest BCUT2D eigenvalue weighted by Crippen LogP contribution is -2.62. The Labute approximate surface area is 107 Å². The highest BCUT2D eigenvalue weighted by molar-refractivity contribution is 5.54. The van der Waals surface area contributed by atoms with Gasteiger partial charge >= 0.3 is 0 Å². The number of rotatable bonds is 3. The molecule has 2 heterocycles. The Hall–Kier alpha value is -1.46. The summed E-state index contributed by atoms with van der Waals surface area (Å²) in [6, 6.07) is 8.20. The van der Waals surface area contributed by atoms with Crippen molar-refractivity contribution in [3.63, 3.8) is 0 Å².